The topological polar surface area (TPSA) is 21.1 Å². The van der Waals surface area contributed by atoms with Gasteiger partial charge in [-0.3, -0.25) is 0 Å². The molecule has 2 rings (SSSR count). The van der Waals surface area contributed by atoms with Crippen LogP contribution in [-0.2, 0) is 6.54 Å². The first-order valence-electron chi connectivity index (χ1n) is 6.08. The lowest BCUT2D eigenvalue weighted by Gasteiger charge is -2.20. The van der Waals surface area contributed by atoms with Gasteiger partial charge in [-0.15, -0.1) is 0 Å². The highest BCUT2D eigenvalue weighted by Gasteiger charge is 2.28. The van der Waals surface area contributed by atoms with Gasteiger partial charge in [0.1, 0.15) is 11.0 Å². The Morgan fingerprint density at radius 2 is 2.31 bits per heavy atom. The quantitative estimate of drug-likeness (QED) is 0.812. The maximum Gasteiger partial charge on any atom is 0.128 e. The van der Waals surface area contributed by atoms with Crippen LogP contribution in [0.3, 0.4) is 0 Å². The number of nitrogens with zero attached hydrogens (tertiary/aromatic N) is 3. The molecule has 4 heteroatoms. The molecule has 0 bridgehead atoms. The zero-order chi connectivity index (χ0) is 11.7. The third-order valence-corrected chi connectivity index (χ3v) is 3.77. The smallest absolute Gasteiger partial charge is 0.128 e. The molecule has 1 aromatic heterocycles. The second-order valence-electron chi connectivity index (χ2n) is 4.76. The van der Waals surface area contributed by atoms with Gasteiger partial charge in [0.2, 0.25) is 0 Å². The monoisotopic (exact) mass is 241 g/mol. The van der Waals surface area contributed by atoms with Crippen LogP contribution in [0.25, 0.3) is 0 Å². The van der Waals surface area contributed by atoms with Crippen LogP contribution in [0.1, 0.15) is 38.9 Å². The van der Waals surface area contributed by atoms with E-state index in [0.717, 1.165) is 24.1 Å². The van der Waals surface area contributed by atoms with Crippen molar-refractivity contribution in [2.75, 3.05) is 13.1 Å². The molecule has 0 spiro atoms. The van der Waals surface area contributed by atoms with Crippen LogP contribution in [0.2, 0.25) is 5.15 Å². The summed E-state index contributed by atoms with van der Waals surface area (Å²) < 4.78 is 2.12. The van der Waals surface area contributed by atoms with E-state index in [9.17, 15) is 0 Å². The molecule has 0 aliphatic carbocycles. The first-order valence-corrected chi connectivity index (χ1v) is 6.46. The second-order valence-corrected chi connectivity index (χ2v) is 5.14. The third-order valence-electron chi connectivity index (χ3n) is 3.47. The Morgan fingerprint density at radius 3 is 2.88 bits per heavy atom. The van der Waals surface area contributed by atoms with Crippen molar-refractivity contribution in [1.82, 2.24) is 14.5 Å². The van der Waals surface area contributed by atoms with Crippen molar-refractivity contribution in [2.24, 2.45) is 0 Å². The number of hydrogen-bond acceptors (Lipinski definition) is 2. The maximum atomic E-state index is 6.11. The van der Waals surface area contributed by atoms with Crippen molar-refractivity contribution in [3.63, 3.8) is 0 Å². The fraction of sp³-hybridized carbons (Fsp3) is 0.750. The molecule has 0 amide bonds. The van der Waals surface area contributed by atoms with Gasteiger partial charge in [-0.05, 0) is 33.7 Å². The molecule has 2 heterocycles. The molecule has 1 aliphatic rings. The van der Waals surface area contributed by atoms with Crippen molar-refractivity contribution < 1.29 is 0 Å². The van der Waals surface area contributed by atoms with Gasteiger partial charge in [0, 0.05) is 25.0 Å². The average molecular weight is 242 g/mol. The van der Waals surface area contributed by atoms with Crippen molar-refractivity contribution in [2.45, 2.75) is 45.7 Å². The molecule has 0 saturated carbocycles. The van der Waals surface area contributed by atoms with E-state index in [0.29, 0.717) is 12.0 Å². The predicted octanol–water partition coefficient (Wildman–Crippen LogP) is 2.75. The van der Waals surface area contributed by atoms with Gasteiger partial charge >= 0.3 is 0 Å². The van der Waals surface area contributed by atoms with E-state index in [1.807, 2.05) is 0 Å². The number of likely N-dealkylation sites (tertiary alicyclic amines) is 1. The molecule has 1 fully saturated rings. The lowest BCUT2D eigenvalue weighted by Crippen LogP contribution is -2.28. The average Bonchev–Trinajstić information content (AvgIpc) is 2.83. The summed E-state index contributed by atoms with van der Waals surface area (Å²) in [5.74, 6) is 1.71. The summed E-state index contributed by atoms with van der Waals surface area (Å²) in [6.07, 6.45) is 2.98. The highest BCUT2D eigenvalue weighted by Crippen LogP contribution is 2.29. The van der Waals surface area contributed by atoms with Crippen LogP contribution in [0.15, 0.2) is 6.20 Å². The van der Waals surface area contributed by atoms with Crippen LogP contribution in [0.5, 0.6) is 0 Å². The zero-order valence-electron chi connectivity index (χ0n) is 10.3. The van der Waals surface area contributed by atoms with Crippen LogP contribution in [0, 0.1) is 0 Å². The molecule has 90 valence electrons. The number of aromatic nitrogens is 2. The van der Waals surface area contributed by atoms with Gasteiger partial charge in [0.05, 0.1) is 6.20 Å². The number of hydrogen-bond donors (Lipinski definition) is 0. The van der Waals surface area contributed by atoms with E-state index in [4.69, 9.17) is 11.6 Å². The number of halogens is 1. The van der Waals surface area contributed by atoms with Crippen molar-refractivity contribution in [1.29, 1.82) is 0 Å². The zero-order valence-corrected chi connectivity index (χ0v) is 11.0. The summed E-state index contributed by atoms with van der Waals surface area (Å²) in [4.78, 5) is 6.97. The predicted molar refractivity (Wildman–Crippen MR) is 67.0 cm³/mol. The van der Waals surface area contributed by atoms with E-state index in [2.05, 4.69) is 35.2 Å². The molecule has 1 unspecified atom stereocenters. The van der Waals surface area contributed by atoms with E-state index >= 15 is 0 Å². The molecular formula is C12H20ClN3. The standard InChI is InChI=1S/C12H20ClN3/c1-4-16-11(13)7-14-12(16)10-5-6-15(8-10)9(2)3/h7,9-10H,4-6,8H2,1-3H3. The SMILES string of the molecule is CCn1c(Cl)cnc1C1CCN(C(C)C)C1. The molecule has 3 nitrogen and oxygen atoms in total. The third kappa shape index (κ3) is 2.11. The Labute approximate surface area is 102 Å². The summed E-state index contributed by atoms with van der Waals surface area (Å²) in [6, 6.07) is 0.630. The van der Waals surface area contributed by atoms with Gasteiger partial charge in [-0.25, -0.2) is 4.98 Å². The van der Waals surface area contributed by atoms with Gasteiger partial charge < -0.3 is 9.47 Å². The first-order chi connectivity index (χ1) is 7.63. The van der Waals surface area contributed by atoms with Crippen LogP contribution < -0.4 is 0 Å². The Hall–Kier alpha value is -0.540. The fourth-order valence-corrected chi connectivity index (χ4v) is 2.73. The lowest BCUT2D eigenvalue weighted by molar-refractivity contribution is 0.271. The van der Waals surface area contributed by atoms with Crippen LogP contribution in [0.4, 0.5) is 0 Å². The van der Waals surface area contributed by atoms with Crippen molar-refractivity contribution in [3.8, 4) is 0 Å². The van der Waals surface area contributed by atoms with Gasteiger partial charge in [-0.2, -0.15) is 0 Å². The minimum absolute atomic E-state index is 0.551. The van der Waals surface area contributed by atoms with E-state index in [1.54, 1.807) is 6.20 Å². The highest BCUT2D eigenvalue weighted by atomic mass is 35.5. The van der Waals surface area contributed by atoms with Crippen LogP contribution >= 0.6 is 11.6 Å². The van der Waals surface area contributed by atoms with Gasteiger partial charge in [0.15, 0.2) is 0 Å². The summed E-state index contributed by atoms with van der Waals surface area (Å²) in [6.45, 7) is 9.82. The summed E-state index contributed by atoms with van der Waals surface area (Å²) in [5, 5.41) is 0.764. The molecule has 1 atom stereocenters. The Kier molecular flexibility index (Phi) is 3.55. The Balaban J connectivity index is 2.14. The molecule has 1 saturated heterocycles. The molecule has 0 N–H and O–H groups in total. The summed E-state index contributed by atoms with van der Waals surface area (Å²) in [7, 11) is 0. The molecule has 1 aromatic rings. The van der Waals surface area contributed by atoms with E-state index in [-0.39, 0.29) is 0 Å². The maximum absolute atomic E-state index is 6.11. The fourth-order valence-electron chi connectivity index (χ4n) is 2.47. The summed E-state index contributed by atoms with van der Waals surface area (Å²) >= 11 is 6.11. The van der Waals surface area contributed by atoms with Crippen LogP contribution in [-0.4, -0.2) is 33.6 Å². The first kappa shape index (κ1) is 11.9. The highest BCUT2D eigenvalue weighted by molar-refractivity contribution is 6.29. The number of rotatable bonds is 3. The van der Waals surface area contributed by atoms with Gasteiger partial charge in [0.25, 0.3) is 0 Å². The van der Waals surface area contributed by atoms with Crippen molar-refractivity contribution >= 4 is 11.6 Å². The van der Waals surface area contributed by atoms with Gasteiger partial charge in [-0.1, -0.05) is 11.6 Å². The number of imidazole rings is 1. The molecule has 0 aromatic carbocycles. The largest absolute Gasteiger partial charge is 0.319 e. The molecule has 1 aliphatic heterocycles. The van der Waals surface area contributed by atoms with Crippen molar-refractivity contribution in [3.05, 3.63) is 17.2 Å². The normalized spacial score (nSPS) is 22.2. The molecule has 0 radical (unpaired) electrons. The van der Waals surface area contributed by atoms with E-state index in [1.165, 1.54) is 13.0 Å². The Morgan fingerprint density at radius 1 is 1.56 bits per heavy atom. The summed E-state index contributed by atoms with van der Waals surface area (Å²) in [5.41, 5.74) is 0. The molecule has 16 heavy (non-hydrogen) atoms. The molecular weight excluding hydrogens is 222 g/mol. The Bertz CT molecular complexity index is 359. The minimum Gasteiger partial charge on any atom is -0.319 e. The lowest BCUT2D eigenvalue weighted by atomic mass is 10.1. The van der Waals surface area contributed by atoms with E-state index < -0.39 is 0 Å². The minimum atomic E-state index is 0.551. The second kappa shape index (κ2) is 4.76.